The predicted octanol–water partition coefficient (Wildman–Crippen LogP) is 2.17. The Morgan fingerprint density at radius 3 is 3.15 bits per heavy atom. The van der Waals surface area contributed by atoms with E-state index in [2.05, 4.69) is 45.4 Å². The van der Waals surface area contributed by atoms with Crippen LogP contribution in [-0.2, 0) is 32.5 Å². The summed E-state index contributed by atoms with van der Waals surface area (Å²) in [5.74, 6) is -0.0803. The van der Waals surface area contributed by atoms with E-state index in [4.69, 9.17) is 0 Å². The Morgan fingerprint density at radius 1 is 1.33 bits per heavy atom. The van der Waals surface area contributed by atoms with Crippen molar-refractivity contribution in [2.45, 2.75) is 45.8 Å². The van der Waals surface area contributed by atoms with Crippen LogP contribution in [0.15, 0.2) is 24.3 Å². The number of hydrogen-bond donors (Lipinski definition) is 2. The maximum absolute atomic E-state index is 12.5. The molecule has 2 aromatic heterocycles. The molecule has 0 bridgehead atoms. The first kappa shape index (κ1) is 16.6. The lowest BCUT2D eigenvalue weighted by Crippen LogP contribution is -2.28. The molecule has 3 aromatic rings. The SMILES string of the molecule is Cc1c(CCNC(=O)c2cc3n(n2)CCNC3)c2cccc3c2n1CCC3. The standard InChI is InChI=1S/C21H25N5O/c1-14-17(18-6-2-4-15-5-3-10-25(14)20(15)18)7-8-23-21(27)19-12-16-13-22-9-11-26(16)24-19/h2,4,6,12,22H,3,5,7-11,13H2,1H3,(H,23,27). The van der Waals surface area contributed by atoms with E-state index in [1.807, 2.05) is 10.7 Å². The smallest absolute Gasteiger partial charge is 0.271 e. The summed E-state index contributed by atoms with van der Waals surface area (Å²) in [7, 11) is 0. The van der Waals surface area contributed by atoms with Gasteiger partial charge >= 0.3 is 0 Å². The van der Waals surface area contributed by atoms with E-state index in [1.54, 1.807) is 0 Å². The number of carbonyl (C=O) groups excluding carboxylic acids is 1. The molecule has 1 amide bonds. The van der Waals surface area contributed by atoms with Crippen molar-refractivity contribution in [2.24, 2.45) is 0 Å². The Morgan fingerprint density at radius 2 is 2.26 bits per heavy atom. The van der Waals surface area contributed by atoms with E-state index in [-0.39, 0.29) is 5.91 Å². The maximum atomic E-state index is 12.5. The van der Waals surface area contributed by atoms with Crippen molar-refractivity contribution in [3.8, 4) is 0 Å². The highest BCUT2D eigenvalue weighted by Gasteiger charge is 2.20. The van der Waals surface area contributed by atoms with Crippen LogP contribution in [0.2, 0.25) is 0 Å². The van der Waals surface area contributed by atoms with Crippen molar-refractivity contribution in [3.63, 3.8) is 0 Å². The van der Waals surface area contributed by atoms with Gasteiger partial charge in [0.25, 0.3) is 5.91 Å². The largest absolute Gasteiger partial charge is 0.350 e. The van der Waals surface area contributed by atoms with Gasteiger partial charge in [-0.2, -0.15) is 5.10 Å². The number of hydrogen-bond acceptors (Lipinski definition) is 3. The topological polar surface area (TPSA) is 63.9 Å². The number of aryl methyl sites for hydroxylation is 2. The van der Waals surface area contributed by atoms with Crippen LogP contribution in [0.25, 0.3) is 10.9 Å². The maximum Gasteiger partial charge on any atom is 0.271 e. The summed E-state index contributed by atoms with van der Waals surface area (Å²) < 4.78 is 4.39. The molecule has 6 nitrogen and oxygen atoms in total. The zero-order chi connectivity index (χ0) is 18.4. The molecule has 6 heteroatoms. The summed E-state index contributed by atoms with van der Waals surface area (Å²) in [5.41, 5.74) is 7.16. The molecule has 0 spiro atoms. The Bertz CT molecular complexity index is 1010. The summed E-state index contributed by atoms with van der Waals surface area (Å²) in [4.78, 5) is 12.5. The van der Waals surface area contributed by atoms with Gasteiger partial charge in [0.05, 0.1) is 17.8 Å². The Balaban J connectivity index is 1.32. The first-order valence-corrected chi connectivity index (χ1v) is 9.87. The molecule has 0 saturated heterocycles. The summed E-state index contributed by atoms with van der Waals surface area (Å²) in [6, 6.07) is 8.53. The van der Waals surface area contributed by atoms with E-state index in [1.165, 1.54) is 34.1 Å². The Hall–Kier alpha value is -2.60. The third kappa shape index (κ3) is 2.75. The van der Waals surface area contributed by atoms with Crippen LogP contribution in [0.3, 0.4) is 0 Å². The first-order valence-electron chi connectivity index (χ1n) is 9.87. The van der Waals surface area contributed by atoms with Gasteiger partial charge in [0, 0.05) is 37.3 Å². The number of carbonyl (C=O) groups is 1. The highest BCUT2D eigenvalue weighted by atomic mass is 16.1. The van der Waals surface area contributed by atoms with Crippen LogP contribution in [-0.4, -0.2) is 33.3 Å². The van der Waals surface area contributed by atoms with E-state index < -0.39 is 0 Å². The molecular weight excluding hydrogens is 338 g/mol. The second-order valence-electron chi connectivity index (χ2n) is 7.56. The van der Waals surface area contributed by atoms with Crippen molar-refractivity contribution in [2.75, 3.05) is 13.1 Å². The number of fused-ring (bicyclic) bond motifs is 1. The van der Waals surface area contributed by atoms with Gasteiger partial charge in [0.2, 0.25) is 0 Å². The fourth-order valence-electron chi connectivity index (χ4n) is 4.60. The lowest BCUT2D eigenvalue weighted by molar-refractivity contribution is 0.0948. The zero-order valence-corrected chi connectivity index (χ0v) is 15.7. The highest BCUT2D eigenvalue weighted by Crippen LogP contribution is 2.32. The summed E-state index contributed by atoms with van der Waals surface area (Å²) >= 11 is 0. The van der Waals surface area contributed by atoms with Gasteiger partial charge in [-0.15, -0.1) is 0 Å². The van der Waals surface area contributed by atoms with E-state index in [0.29, 0.717) is 12.2 Å². The van der Waals surface area contributed by atoms with Crippen molar-refractivity contribution in [1.29, 1.82) is 0 Å². The fraction of sp³-hybridized carbons (Fsp3) is 0.429. The highest BCUT2D eigenvalue weighted by molar-refractivity contribution is 5.92. The van der Waals surface area contributed by atoms with E-state index in [0.717, 1.165) is 44.7 Å². The van der Waals surface area contributed by atoms with Crippen molar-refractivity contribution >= 4 is 16.8 Å². The molecule has 4 heterocycles. The monoisotopic (exact) mass is 363 g/mol. The second kappa shape index (κ2) is 6.53. The lowest BCUT2D eigenvalue weighted by atomic mass is 10.0. The van der Waals surface area contributed by atoms with Crippen molar-refractivity contribution in [1.82, 2.24) is 25.0 Å². The number of nitrogens with one attached hydrogen (secondary N) is 2. The van der Waals surface area contributed by atoms with Crippen LogP contribution in [0, 0.1) is 6.92 Å². The molecule has 2 aliphatic heterocycles. The Kier molecular flexibility index (Phi) is 4.01. The third-order valence-corrected chi connectivity index (χ3v) is 5.95. The number of nitrogens with zero attached hydrogens (tertiary/aromatic N) is 3. The fourth-order valence-corrected chi connectivity index (χ4v) is 4.60. The van der Waals surface area contributed by atoms with Crippen LogP contribution >= 0.6 is 0 Å². The molecule has 0 saturated carbocycles. The molecule has 0 aliphatic carbocycles. The average Bonchev–Trinajstić information content (AvgIpc) is 3.24. The molecule has 0 unspecified atom stereocenters. The predicted molar refractivity (Wildman–Crippen MR) is 105 cm³/mol. The number of amides is 1. The van der Waals surface area contributed by atoms with Crippen LogP contribution in [0.5, 0.6) is 0 Å². The van der Waals surface area contributed by atoms with E-state index >= 15 is 0 Å². The molecule has 1 aromatic carbocycles. The van der Waals surface area contributed by atoms with Gasteiger partial charge in [0.15, 0.2) is 0 Å². The van der Waals surface area contributed by atoms with Gasteiger partial charge in [0.1, 0.15) is 5.69 Å². The molecular formula is C21H25N5O. The minimum absolute atomic E-state index is 0.0803. The number of rotatable bonds is 4. The summed E-state index contributed by atoms with van der Waals surface area (Å²) in [5, 5.41) is 12.2. The first-order chi connectivity index (χ1) is 13.2. The van der Waals surface area contributed by atoms with Gasteiger partial charge in [-0.05, 0) is 43.4 Å². The van der Waals surface area contributed by atoms with Gasteiger partial charge < -0.3 is 15.2 Å². The molecule has 2 N–H and O–H groups in total. The molecule has 0 atom stereocenters. The molecule has 27 heavy (non-hydrogen) atoms. The third-order valence-electron chi connectivity index (χ3n) is 5.95. The van der Waals surface area contributed by atoms with Gasteiger partial charge in [-0.25, -0.2) is 0 Å². The lowest BCUT2D eigenvalue weighted by Gasteiger charge is -2.16. The van der Waals surface area contributed by atoms with Crippen LogP contribution in [0.1, 0.15) is 39.4 Å². The minimum Gasteiger partial charge on any atom is -0.350 e. The molecule has 2 aliphatic rings. The van der Waals surface area contributed by atoms with Crippen LogP contribution < -0.4 is 10.6 Å². The van der Waals surface area contributed by atoms with E-state index in [9.17, 15) is 4.79 Å². The number of aromatic nitrogens is 3. The zero-order valence-electron chi connectivity index (χ0n) is 15.7. The molecule has 0 radical (unpaired) electrons. The second-order valence-corrected chi connectivity index (χ2v) is 7.56. The van der Waals surface area contributed by atoms with Gasteiger partial charge in [-0.1, -0.05) is 18.2 Å². The minimum atomic E-state index is -0.0803. The summed E-state index contributed by atoms with van der Waals surface area (Å²) in [6.45, 7) is 6.44. The molecule has 0 fully saturated rings. The van der Waals surface area contributed by atoms with Crippen molar-refractivity contribution < 1.29 is 4.79 Å². The normalized spacial score (nSPS) is 15.7. The summed E-state index contributed by atoms with van der Waals surface area (Å²) in [6.07, 6.45) is 3.22. The number of benzene rings is 1. The van der Waals surface area contributed by atoms with Crippen LogP contribution in [0.4, 0.5) is 0 Å². The molecule has 140 valence electrons. The van der Waals surface area contributed by atoms with Crippen molar-refractivity contribution in [3.05, 3.63) is 52.5 Å². The average molecular weight is 363 g/mol. The Labute approximate surface area is 158 Å². The number of para-hydroxylation sites is 1. The van der Waals surface area contributed by atoms with Gasteiger partial charge in [-0.3, -0.25) is 9.48 Å². The molecule has 5 rings (SSSR count). The quantitative estimate of drug-likeness (QED) is 0.747.